The zero-order chi connectivity index (χ0) is 29.9. The lowest BCUT2D eigenvalue weighted by Gasteiger charge is -2.15. The van der Waals surface area contributed by atoms with E-state index < -0.39 is 0 Å². The van der Waals surface area contributed by atoms with E-state index in [1.54, 1.807) is 0 Å². The molecule has 0 amide bonds. The van der Waals surface area contributed by atoms with Crippen LogP contribution >= 0.6 is 0 Å². The van der Waals surface area contributed by atoms with E-state index in [1.165, 1.54) is 27.6 Å². The maximum atomic E-state index is 6.49. The molecular formula is C41H33N3. The van der Waals surface area contributed by atoms with Crippen molar-refractivity contribution in [3.05, 3.63) is 169 Å². The molecule has 0 aliphatic heterocycles. The molecule has 1 aromatic heterocycles. The first-order valence-electron chi connectivity index (χ1n) is 14.9. The molecule has 3 N–H and O–H groups in total. The van der Waals surface area contributed by atoms with Crippen molar-refractivity contribution in [1.29, 1.82) is 0 Å². The van der Waals surface area contributed by atoms with Crippen molar-refractivity contribution in [1.82, 2.24) is 4.57 Å². The summed E-state index contributed by atoms with van der Waals surface area (Å²) in [5, 5.41) is 4.55. The molecule has 0 bridgehead atoms. The number of rotatable bonds is 7. The highest BCUT2D eigenvalue weighted by Gasteiger charge is 2.15. The quantitative estimate of drug-likeness (QED) is 0.188. The molecule has 3 nitrogen and oxygen atoms in total. The molecule has 1 heterocycles. The van der Waals surface area contributed by atoms with E-state index in [2.05, 4.69) is 144 Å². The van der Waals surface area contributed by atoms with Crippen LogP contribution in [-0.2, 0) is 0 Å². The lowest BCUT2D eigenvalue weighted by molar-refractivity contribution is 1.14. The summed E-state index contributed by atoms with van der Waals surface area (Å²) in [4.78, 5) is 0. The fourth-order valence-corrected chi connectivity index (χ4v) is 5.81. The highest BCUT2D eigenvalue weighted by Crippen LogP contribution is 2.37. The van der Waals surface area contributed by atoms with Gasteiger partial charge in [-0.3, -0.25) is 0 Å². The third-order valence-corrected chi connectivity index (χ3v) is 8.15. The third-order valence-electron chi connectivity index (χ3n) is 8.15. The normalized spacial score (nSPS) is 11.3. The number of hydrogen-bond donors (Lipinski definition) is 2. The van der Waals surface area contributed by atoms with Crippen molar-refractivity contribution in [2.45, 2.75) is 6.92 Å². The summed E-state index contributed by atoms with van der Waals surface area (Å²) in [6, 6.07) is 53.2. The molecule has 0 atom stereocenters. The number of nitrogens with zero attached hydrogens (tertiary/aromatic N) is 1. The number of aromatic nitrogens is 1. The second kappa shape index (κ2) is 11.8. The second-order valence-electron chi connectivity index (χ2n) is 11.1. The monoisotopic (exact) mass is 567 g/mol. The minimum atomic E-state index is 0.767. The Hall–Kier alpha value is -5.80. The largest absolute Gasteiger partial charge is 0.398 e. The van der Waals surface area contributed by atoms with E-state index in [1.807, 2.05) is 36.5 Å². The summed E-state index contributed by atoms with van der Waals surface area (Å²) < 4.78 is 2.35. The lowest BCUT2D eigenvalue weighted by Crippen LogP contribution is -1.99. The highest BCUT2D eigenvalue weighted by atomic mass is 15.0. The number of aryl methyl sites for hydroxylation is 1. The van der Waals surface area contributed by atoms with Crippen LogP contribution in [0.1, 0.15) is 11.1 Å². The minimum Gasteiger partial charge on any atom is -0.398 e. The van der Waals surface area contributed by atoms with Gasteiger partial charge in [-0.1, -0.05) is 97.1 Å². The molecule has 7 rings (SSSR count). The van der Waals surface area contributed by atoms with Gasteiger partial charge < -0.3 is 15.6 Å². The van der Waals surface area contributed by atoms with E-state index in [4.69, 9.17) is 5.73 Å². The van der Waals surface area contributed by atoms with Gasteiger partial charge >= 0.3 is 0 Å². The van der Waals surface area contributed by atoms with Gasteiger partial charge in [-0.25, -0.2) is 0 Å². The van der Waals surface area contributed by atoms with Gasteiger partial charge in [0.2, 0.25) is 0 Å². The SMILES string of the molecule is Cc1ccc(-c2ccc3c(c2)cc(-c2ccccc2)n3-c2ccc(N)c(-c3ccccc3)c2)cc1/C=C/Nc1ccccc1. The summed E-state index contributed by atoms with van der Waals surface area (Å²) in [6.07, 6.45) is 4.15. The Kier molecular flexibility index (Phi) is 7.27. The Morgan fingerprint density at radius 2 is 1.25 bits per heavy atom. The van der Waals surface area contributed by atoms with Crippen LogP contribution in [-0.4, -0.2) is 4.57 Å². The number of fused-ring (bicyclic) bond motifs is 1. The Morgan fingerprint density at radius 3 is 2.00 bits per heavy atom. The van der Waals surface area contributed by atoms with Crippen molar-refractivity contribution in [3.63, 3.8) is 0 Å². The molecule has 0 saturated carbocycles. The van der Waals surface area contributed by atoms with Crippen LogP contribution in [0.2, 0.25) is 0 Å². The van der Waals surface area contributed by atoms with E-state index in [0.29, 0.717) is 0 Å². The number of nitrogen functional groups attached to an aromatic ring is 1. The second-order valence-corrected chi connectivity index (χ2v) is 11.1. The van der Waals surface area contributed by atoms with Gasteiger partial charge in [0.15, 0.2) is 0 Å². The molecule has 212 valence electrons. The zero-order valence-electron chi connectivity index (χ0n) is 24.6. The van der Waals surface area contributed by atoms with E-state index in [9.17, 15) is 0 Å². The Bertz CT molecular complexity index is 2090. The maximum Gasteiger partial charge on any atom is 0.0540 e. The van der Waals surface area contributed by atoms with Crippen molar-refractivity contribution >= 4 is 28.4 Å². The molecular weight excluding hydrogens is 534 g/mol. The predicted molar refractivity (Wildman–Crippen MR) is 188 cm³/mol. The zero-order valence-corrected chi connectivity index (χ0v) is 24.6. The molecule has 0 radical (unpaired) electrons. The number of para-hydroxylation sites is 1. The molecule has 0 fully saturated rings. The van der Waals surface area contributed by atoms with Crippen LogP contribution in [0.25, 0.3) is 56.2 Å². The van der Waals surface area contributed by atoms with Gasteiger partial charge in [-0.15, -0.1) is 0 Å². The van der Waals surface area contributed by atoms with Gasteiger partial charge in [-0.2, -0.15) is 0 Å². The van der Waals surface area contributed by atoms with Crippen LogP contribution in [0.3, 0.4) is 0 Å². The lowest BCUT2D eigenvalue weighted by atomic mass is 9.98. The average molecular weight is 568 g/mol. The van der Waals surface area contributed by atoms with Crippen LogP contribution in [0.15, 0.2) is 158 Å². The average Bonchev–Trinajstić information content (AvgIpc) is 3.46. The van der Waals surface area contributed by atoms with E-state index in [0.717, 1.165) is 45.0 Å². The number of anilines is 2. The molecule has 7 aromatic rings. The van der Waals surface area contributed by atoms with Gasteiger partial charge in [0.05, 0.1) is 11.2 Å². The van der Waals surface area contributed by atoms with Crippen LogP contribution in [0.5, 0.6) is 0 Å². The summed E-state index contributed by atoms with van der Waals surface area (Å²) in [5.74, 6) is 0. The first kappa shape index (κ1) is 27.1. The fraction of sp³-hybridized carbons (Fsp3) is 0.0244. The summed E-state index contributed by atoms with van der Waals surface area (Å²) in [5.41, 5.74) is 19.8. The molecule has 44 heavy (non-hydrogen) atoms. The first-order valence-corrected chi connectivity index (χ1v) is 14.9. The van der Waals surface area contributed by atoms with E-state index >= 15 is 0 Å². The van der Waals surface area contributed by atoms with Crippen LogP contribution in [0, 0.1) is 6.92 Å². The van der Waals surface area contributed by atoms with Crippen LogP contribution in [0.4, 0.5) is 11.4 Å². The molecule has 0 saturated heterocycles. The molecule has 6 aromatic carbocycles. The van der Waals surface area contributed by atoms with Crippen molar-refractivity contribution in [2.75, 3.05) is 11.1 Å². The first-order chi connectivity index (χ1) is 21.6. The van der Waals surface area contributed by atoms with Gasteiger partial charge in [0.1, 0.15) is 0 Å². The summed E-state index contributed by atoms with van der Waals surface area (Å²) >= 11 is 0. The van der Waals surface area contributed by atoms with Crippen molar-refractivity contribution in [2.24, 2.45) is 0 Å². The number of benzene rings is 6. The third kappa shape index (κ3) is 5.39. The van der Waals surface area contributed by atoms with Gasteiger partial charge in [-0.05, 0) is 101 Å². The molecule has 3 heteroatoms. The molecule has 0 spiro atoms. The molecule has 0 aliphatic rings. The topological polar surface area (TPSA) is 43.0 Å². The van der Waals surface area contributed by atoms with Crippen molar-refractivity contribution in [3.8, 4) is 39.2 Å². The van der Waals surface area contributed by atoms with Gasteiger partial charge in [0, 0.05) is 34.2 Å². The number of hydrogen-bond acceptors (Lipinski definition) is 2. The fourth-order valence-electron chi connectivity index (χ4n) is 5.81. The predicted octanol–water partition coefficient (Wildman–Crippen LogP) is 10.6. The molecule has 0 aliphatic carbocycles. The van der Waals surface area contributed by atoms with Gasteiger partial charge in [0.25, 0.3) is 0 Å². The Labute approximate surface area is 258 Å². The molecule has 0 unspecified atom stereocenters. The number of nitrogens with two attached hydrogens (primary N) is 1. The Morgan fingerprint density at radius 1 is 0.591 bits per heavy atom. The smallest absolute Gasteiger partial charge is 0.0540 e. The van der Waals surface area contributed by atoms with E-state index in [-0.39, 0.29) is 0 Å². The number of nitrogens with one attached hydrogen (secondary N) is 1. The van der Waals surface area contributed by atoms with Crippen LogP contribution < -0.4 is 11.1 Å². The highest BCUT2D eigenvalue weighted by molar-refractivity contribution is 5.93. The Balaban J connectivity index is 1.31. The minimum absolute atomic E-state index is 0.767. The standard InChI is InChI=1S/C41H33N3/c1-29-17-18-33(25-32(29)23-24-43-36-15-9-4-10-16-36)34-19-22-40-35(26-34)27-41(31-13-7-3-8-14-31)44(40)37-20-21-39(42)38(28-37)30-11-5-2-6-12-30/h2-28,43H,42H2,1H3/b24-23+. The summed E-state index contributed by atoms with van der Waals surface area (Å²) in [7, 11) is 0. The maximum absolute atomic E-state index is 6.49. The van der Waals surface area contributed by atoms with Crippen molar-refractivity contribution < 1.29 is 0 Å². The summed E-state index contributed by atoms with van der Waals surface area (Å²) in [6.45, 7) is 2.15.